The molecule has 3 aliphatic heterocycles. The van der Waals surface area contributed by atoms with Crippen molar-refractivity contribution in [2.24, 2.45) is 11.8 Å². The van der Waals surface area contributed by atoms with Gasteiger partial charge in [-0.2, -0.15) is 0 Å². The fourth-order valence-electron chi connectivity index (χ4n) is 5.70. The number of carbonyl (C=O) groups is 3. The number of anilines is 2. The predicted molar refractivity (Wildman–Crippen MR) is 136 cm³/mol. The molecule has 3 aromatic rings. The molecule has 0 unspecified atom stereocenters. The molecule has 4 atom stereocenters. The zero-order valence-electron chi connectivity index (χ0n) is 19.9. The minimum Gasteiger partial charge on any atom is -0.497 e. The summed E-state index contributed by atoms with van der Waals surface area (Å²) >= 11 is 0. The first kappa shape index (κ1) is 22.1. The molecular formula is C29H25N3O4. The molecule has 0 spiro atoms. The van der Waals surface area contributed by atoms with Gasteiger partial charge in [0.15, 0.2) is 0 Å². The Morgan fingerprint density at radius 2 is 1.58 bits per heavy atom. The molecular weight excluding hydrogens is 454 g/mol. The third kappa shape index (κ3) is 3.31. The summed E-state index contributed by atoms with van der Waals surface area (Å²) in [4.78, 5) is 44.6. The summed E-state index contributed by atoms with van der Waals surface area (Å²) in [5.74, 6) is -1.74. The maximum atomic E-state index is 13.9. The van der Waals surface area contributed by atoms with Crippen molar-refractivity contribution in [1.82, 2.24) is 4.90 Å². The van der Waals surface area contributed by atoms with Crippen LogP contribution in [-0.2, 0) is 14.4 Å². The van der Waals surface area contributed by atoms with E-state index in [1.807, 2.05) is 60.5 Å². The highest BCUT2D eigenvalue weighted by Gasteiger charge is 2.64. The van der Waals surface area contributed by atoms with E-state index in [1.165, 1.54) is 4.90 Å². The van der Waals surface area contributed by atoms with Crippen LogP contribution in [0.25, 0.3) is 6.08 Å². The second-order valence-corrected chi connectivity index (χ2v) is 9.40. The number of rotatable bonds is 4. The second-order valence-electron chi connectivity index (χ2n) is 9.40. The Labute approximate surface area is 209 Å². The Morgan fingerprint density at radius 1 is 0.889 bits per heavy atom. The minimum atomic E-state index is -0.835. The normalized spacial score (nSPS) is 23.8. The molecule has 3 aliphatic rings. The molecule has 3 aromatic carbocycles. The summed E-state index contributed by atoms with van der Waals surface area (Å²) in [6.07, 6.45) is 3.79. The number of methoxy groups -OCH3 is 1. The molecule has 1 N–H and O–H groups in total. The number of aryl methyl sites for hydroxylation is 1. The molecule has 180 valence electrons. The molecule has 2 saturated heterocycles. The molecule has 0 aliphatic carbocycles. The number of nitrogens with zero attached hydrogens (tertiary/aromatic N) is 2. The van der Waals surface area contributed by atoms with Crippen LogP contribution in [0.2, 0.25) is 0 Å². The van der Waals surface area contributed by atoms with Crippen LogP contribution in [0.4, 0.5) is 11.4 Å². The van der Waals surface area contributed by atoms with Gasteiger partial charge in [0, 0.05) is 11.9 Å². The number of hydrogen-bond donors (Lipinski definition) is 1. The van der Waals surface area contributed by atoms with E-state index in [1.54, 1.807) is 43.5 Å². The van der Waals surface area contributed by atoms with Gasteiger partial charge in [0.05, 0.1) is 30.7 Å². The number of fused-ring (bicyclic) bond motifs is 5. The van der Waals surface area contributed by atoms with Crippen LogP contribution in [0.1, 0.15) is 22.7 Å². The number of carbonyl (C=O) groups excluding carboxylic acids is 3. The Hall–Kier alpha value is -4.39. The Balaban J connectivity index is 1.41. The van der Waals surface area contributed by atoms with Gasteiger partial charge in [0.25, 0.3) is 0 Å². The van der Waals surface area contributed by atoms with Gasteiger partial charge in [-0.15, -0.1) is 0 Å². The topological polar surface area (TPSA) is 79.0 Å². The van der Waals surface area contributed by atoms with Crippen molar-refractivity contribution in [2.45, 2.75) is 19.0 Å². The van der Waals surface area contributed by atoms with Crippen molar-refractivity contribution in [3.8, 4) is 5.75 Å². The monoisotopic (exact) mass is 479 g/mol. The van der Waals surface area contributed by atoms with Gasteiger partial charge in [0.2, 0.25) is 17.7 Å². The van der Waals surface area contributed by atoms with Crippen LogP contribution < -0.4 is 15.0 Å². The lowest BCUT2D eigenvalue weighted by molar-refractivity contribution is -0.128. The van der Waals surface area contributed by atoms with Gasteiger partial charge in [-0.05, 0) is 60.5 Å². The molecule has 0 radical (unpaired) electrons. The summed E-state index contributed by atoms with van der Waals surface area (Å²) in [6, 6.07) is 20.9. The third-order valence-electron chi connectivity index (χ3n) is 7.38. The zero-order chi connectivity index (χ0) is 25.0. The van der Waals surface area contributed by atoms with Crippen LogP contribution in [0.15, 0.2) is 79.0 Å². The van der Waals surface area contributed by atoms with E-state index in [0.29, 0.717) is 17.1 Å². The smallest absolute Gasteiger partial charge is 0.247 e. The van der Waals surface area contributed by atoms with Crippen molar-refractivity contribution >= 4 is 35.2 Å². The summed E-state index contributed by atoms with van der Waals surface area (Å²) in [6.45, 7) is 1.95. The molecule has 3 heterocycles. The van der Waals surface area contributed by atoms with E-state index in [0.717, 1.165) is 16.7 Å². The fraction of sp³-hybridized carbons (Fsp3) is 0.207. The lowest BCUT2D eigenvalue weighted by atomic mass is 9.84. The van der Waals surface area contributed by atoms with Gasteiger partial charge < -0.3 is 15.0 Å². The van der Waals surface area contributed by atoms with E-state index in [9.17, 15) is 14.4 Å². The zero-order valence-corrected chi connectivity index (χ0v) is 19.9. The van der Waals surface area contributed by atoms with E-state index in [2.05, 4.69) is 5.32 Å². The average molecular weight is 480 g/mol. The van der Waals surface area contributed by atoms with E-state index < -0.39 is 23.9 Å². The third-order valence-corrected chi connectivity index (χ3v) is 7.38. The van der Waals surface area contributed by atoms with Gasteiger partial charge >= 0.3 is 0 Å². The van der Waals surface area contributed by atoms with E-state index in [4.69, 9.17) is 4.74 Å². The largest absolute Gasteiger partial charge is 0.497 e. The molecule has 6 rings (SSSR count). The predicted octanol–water partition coefficient (Wildman–Crippen LogP) is 4.16. The number of benzene rings is 3. The molecule has 0 saturated carbocycles. The Morgan fingerprint density at radius 3 is 2.31 bits per heavy atom. The number of amides is 3. The number of hydrogen-bond acceptors (Lipinski definition) is 5. The first-order chi connectivity index (χ1) is 17.5. The standard InChI is InChI=1S/C29H25N3O4/c1-17-7-11-20(12-8-17)32-28(34)23-24(29(32)35)26(27(33)30-19-9-13-21(36-2)14-10-19)31-16-15-18-5-3-4-6-22(18)25(23)31/h3-16,23-26H,1-2H3,(H,30,33)/t23-,24+,25+,26-/m0/s1. The highest BCUT2D eigenvalue weighted by molar-refractivity contribution is 6.24. The number of ether oxygens (including phenoxy) is 1. The van der Waals surface area contributed by atoms with Gasteiger partial charge in [-0.25, -0.2) is 4.90 Å². The van der Waals surface area contributed by atoms with Crippen LogP contribution in [0.3, 0.4) is 0 Å². The first-order valence-corrected chi connectivity index (χ1v) is 11.9. The molecule has 0 bridgehead atoms. The van der Waals surface area contributed by atoms with Crippen molar-refractivity contribution in [2.75, 3.05) is 17.3 Å². The van der Waals surface area contributed by atoms with Gasteiger partial charge in [-0.1, -0.05) is 42.0 Å². The van der Waals surface area contributed by atoms with E-state index >= 15 is 0 Å². The number of nitrogens with one attached hydrogen (secondary N) is 1. The van der Waals surface area contributed by atoms with E-state index in [-0.39, 0.29) is 17.7 Å². The summed E-state index contributed by atoms with van der Waals surface area (Å²) < 4.78 is 5.20. The molecule has 7 heteroatoms. The highest BCUT2D eigenvalue weighted by atomic mass is 16.5. The highest BCUT2D eigenvalue weighted by Crippen LogP contribution is 2.53. The quantitative estimate of drug-likeness (QED) is 0.569. The average Bonchev–Trinajstić information content (AvgIpc) is 3.37. The van der Waals surface area contributed by atoms with Crippen LogP contribution in [0, 0.1) is 18.8 Å². The lowest BCUT2D eigenvalue weighted by Gasteiger charge is -2.35. The second kappa shape index (κ2) is 8.37. The summed E-state index contributed by atoms with van der Waals surface area (Å²) in [5, 5.41) is 2.95. The van der Waals surface area contributed by atoms with Gasteiger partial charge in [-0.3, -0.25) is 14.4 Å². The van der Waals surface area contributed by atoms with Crippen LogP contribution in [-0.4, -0.2) is 35.8 Å². The first-order valence-electron chi connectivity index (χ1n) is 11.9. The van der Waals surface area contributed by atoms with Crippen LogP contribution in [0.5, 0.6) is 5.75 Å². The SMILES string of the molecule is COc1ccc(NC(=O)[C@@H]2[C@@H]3C(=O)N(c4ccc(C)cc4)C(=O)[C@@H]3[C@H]3c4ccccc4C=CN23)cc1. The van der Waals surface area contributed by atoms with Crippen molar-refractivity contribution in [3.05, 3.63) is 95.7 Å². The minimum absolute atomic E-state index is 0.270. The fourth-order valence-corrected chi connectivity index (χ4v) is 5.70. The molecule has 0 aromatic heterocycles. The van der Waals surface area contributed by atoms with Crippen molar-refractivity contribution in [1.29, 1.82) is 0 Å². The van der Waals surface area contributed by atoms with Crippen molar-refractivity contribution in [3.63, 3.8) is 0 Å². The Bertz CT molecular complexity index is 1400. The van der Waals surface area contributed by atoms with Crippen LogP contribution >= 0.6 is 0 Å². The molecule has 7 nitrogen and oxygen atoms in total. The lowest BCUT2D eigenvalue weighted by Crippen LogP contribution is -2.46. The summed E-state index contributed by atoms with van der Waals surface area (Å²) in [5.41, 5.74) is 4.09. The van der Waals surface area contributed by atoms with Gasteiger partial charge in [0.1, 0.15) is 11.8 Å². The molecule has 2 fully saturated rings. The molecule has 3 amide bonds. The maximum absolute atomic E-state index is 13.9. The number of imide groups is 1. The Kier molecular flexibility index (Phi) is 5.14. The van der Waals surface area contributed by atoms with Crippen molar-refractivity contribution < 1.29 is 19.1 Å². The molecule has 36 heavy (non-hydrogen) atoms. The maximum Gasteiger partial charge on any atom is 0.247 e. The summed E-state index contributed by atoms with van der Waals surface area (Å²) in [7, 11) is 1.58.